The first-order valence-corrected chi connectivity index (χ1v) is 30.3. The Morgan fingerprint density at radius 3 is 2.12 bits per heavy atom. The summed E-state index contributed by atoms with van der Waals surface area (Å²) < 4.78 is 22.2. The maximum atomic E-state index is 13.3. The molecule has 2 saturated heterocycles. The summed E-state index contributed by atoms with van der Waals surface area (Å²) in [5.41, 5.74) is 8.75. The average molecular weight is 1220 g/mol. The first-order chi connectivity index (χ1) is 41.3. The van der Waals surface area contributed by atoms with E-state index >= 15 is 0 Å². The molecule has 0 saturated carbocycles. The van der Waals surface area contributed by atoms with Crippen molar-refractivity contribution in [2.45, 2.75) is 196 Å². The number of benzene rings is 2. The minimum absolute atomic E-state index is 0.0565. The van der Waals surface area contributed by atoms with Crippen molar-refractivity contribution in [3.8, 4) is 0 Å². The van der Waals surface area contributed by atoms with Gasteiger partial charge < -0.3 is 29.6 Å². The van der Waals surface area contributed by atoms with E-state index < -0.39 is 89.1 Å². The fourth-order valence-corrected chi connectivity index (χ4v) is 10.0. The van der Waals surface area contributed by atoms with E-state index in [1.54, 1.807) is 66.7 Å². The van der Waals surface area contributed by atoms with Crippen LogP contribution in [0.2, 0.25) is 0 Å². The van der Waals surface area contributed by atoms with E-state index in [0.29, 0.717) is 61.2 Å². The van der Waals surface area contributed by atoms with Gasteiger partial charge in [-0.15, -0.1) is 0 Å². The smallest absolute Gasteiger partial charge is 0.325 e. The zero-order chi connectivity index (χ0) is 64.8. The van der Waals surface area contributed by atoms with Gasteiger partial charge in [0.05, 0.1) is 29.8 Å². The Morgan fingerprint density at radius 1 is 0.784 bits per heavy atom. The van der Waals surface area contributed by atoms with Gasteiger partial charge in [0.15, 0.2) is 0 Å². The number of aromatic nitrogens is 4. The van der Waals surface area contributed by atoms with Crippen molar-refractivity contribution in [1.82, 2.24) is 51.9 Å². The Labute approximate surface area is 515 Å². The highest BCUT2D eigenvalue weighted by molar-refractivity contribution is 5.93. The second-order valence-corrected chi connectivity index (χ2v) is 25.5. The summed E-state index contributed by atoms with van der Waals surface area (Å²) in [6, 6.07) is 11.7. The van der Waals surface area contributed by atoms with Gasteiger partial charge in [-0.05, 0) is 154 Å². The number of cyclic esters (lactones) is 1. The van der Waals surface area contributed by atoms with Crippen LogP contribution in [0.15, 0.2) is 60.7 Å². The lowest BCUT2D eigenvalue weighted by molar-refractivity contribution is -0.159. The summed E-state index contributed by atoms with van der Waals surface area (Å²) in [6.45, 7) is 25.5. The molecule has 4 aromatic rings. The van der Waals surface area contributed by atoms with Gasteiger partial charge in [-0.3, -0.25) is 53.2 Å². The lowest BCUT2D eigenvalue weighted by atomic mass is 9.89. The largest absolute Gasteiger partial charge is 0.460 e. The van der Waals surface area contributed by atoms with Gasteiger partial charge in [0, 0.05) is 42.6 Å². The van der Waals surface area contributed by atoms with Crippen molar-refractivity contribution >= 4 is 87.2 Å². The third-order valence-corrected chi connectivity index (χ3v) is 14.8. The van der Waals surface area contributed by atoms with Crippen LogP contribution < -0.4 is 21.5 Å². The summed E-state index contributed by atoms with van der Waals surface area (Å²) in [5.74, 6) is -4.92. The standard InChI is InChI=1S/C37H53N5O8.C28H35N5O5/c1-22(2)27(21-32(44)50-37(8,9)10)33(45)38-23(3)34(46)42-18-12-14-29(41-42)35(47)48-24(4)30-20-26-19-25(16-17-28(26)39-40-30)13-11-15-31(43)49-36(5,6)7;1-16(2)22-15-21(34)8-5-7-19-10-11-23-20(13-19)14-25(31-30-23)18(4)38-28(37)24-9-6-12-33(32-24)27(36)17(3)29-26(22)35/h11,13,16-17,19-20,22-24,27,29,41H,12,14-15,18,21H2,1-10H3,(H,38,45);5,7,10-11,13-14,16-18,22,24,32H,6,8-9,12,15H2,1-4H3,(H,29,35)/b13-11+;7-5+/t23-,24+,27-,29-;17-,18+,22-,24-/m00/s1. The molecule has 8 atom stereocenters. The Kier molecular flexibility index (Phi) is 24.1. The minimum Gasteiger partial charge on any atom is -0.460 e. The Balaban J connectivity index is 0.000000291. The molecule has 2 aromatic carbocycles. The monoisotopic (exact) mass is 1220 g/mol. The summed E-state index contributed by atoms with van der Waals surface area (Å²) in [4.78, 5) is 116. The van der Waals surface area contributed by atoms with E-state index in [1.807, 2.05) is 103 Å². The Hall–Kier alpha value is -8.05. The molecule has 3 aliphatic heterocycles. The van der Waals surface area contributed by atoms with E-state index in [-0.39, 0.29) is 61.1 Å². The van der Waals surface area contributed by atoms with Crippen LogP contribution in [-0.4, -0.2) is 132 Å². The van der Waals surface area contributed by atoms with E-state index in [0.717, 1.165) is 21.9 Å². The van der Waals surface area contributed by atoms with Gasteiger partial charge in [-0.2, -0.15) is 20.4 Å². The summed E-state index contributed by atoms with van der Waals surface area (Å²) in [5, 5.41) is 26.8. The summed E-state index contributed by atoms with van der Waals surface area (Å²) in [6.07, 6.45) is 8.24. The van der Waals surface area contributed by atoms with Gasteiger partial charge in [-0.25, -0.2) is 10.9 Å². The number of carbonyl (C=O) groups excluding carboxylic acids is 9. The maximum absolute atomic E-state index is 13.3. The molecule has 23 nitrogen and oxygen atoms in total. The molecule has 0 radical (unpaired) electrons. The second kappa shape index (κ2) is 30.7. The van der Waals surface area contributed by atoms with E-state index in [2.05, 4.69) is 41.9 Å². The number of amides is 4. The molecule has 5 bridgehead atoms. The predicted molar refractivity (Wildman–Crippen MR) is 329 cm³/mol. The van der Waals surface area contributed by atoms with Crippen molar-refractivity contribution in [2.24, 2.45) is 23.7 Å². The third-order valence-electron chi connectivity index (χ3n) is 14.8. The summed E-state index contributed by atoms with van der Waals surface area (Å²) in [7, 11) is 0. The number of fused-ring (bicyclic) bond motifs is 5. The number of hydrogen-bond donors (Lipinski definition) is 4. The van der Waals surface area contributed by atoms with Gasteiger partial charge >= 0.3 is 23.9 Å². The Morgan fingerprint density at radius 2 is 1.44 bits per heavy atom. The molecule has 4 amide bonds. The number of ether oxygens (including phenoxy) is 4. The SMILES string of the molecule is CC(C)[C@@H]1CC(=O)C/C=C/c2ccc3nnc(cc3c2)[C@@H](C)OC(=O)[C@@H]2CCCN(N2)C(=O)[C@H](C)NC1=O.CC(C)[C@H](CC(=O)OC(C)(C)C)C(=O)N[C@@H](C)C(=O)N1CCC[C@@H](C(=O)O[C@H](C)c2cc3cc(/C=C/CC(=O)OC(C)(C)C)ccc3nn2)N1. The molecule has 0 unspecified atom stereocenters. The van der Waals surface area contributed by atoms with Crippen molar-refractivity contribution in [3.05, 3.63) is 83.2 Å². The van der Waals surface area contributed by atoms with Gasteiger partial charge in [0.1, 0.15) is 64.7 Å². The van der Waals surface area contributed by atoms with E-state index in [1.165, 1.54) is 10.0 Å². The van der Waals surface area contributed by atoms with Crippen molar-refractivity contribution in [1.29, 1.82) is 0 Å². The molecule has 5 heterocycles. The number of allylic oxidation sites excluding steroid dienone is 1. The molecular formula is C65H88N10O13. The first kappa shape index (κ1) is 69.1. The number of nitrogens with one attached hydrogen (secondary N) is 4. The van der Waals surface area contributed by atoms with Crippen molar-refractivity contribution in [2.75, 3.05) is 13.1 Å². The maximum Gasteiger partial charge on any atom is 0.325 e. The summed E-state index contributed by atoms with van der Waals surface area (Å²) >= 11 is 0. The number of ketones is 1. The van der Waals surface area contributed by atoms with Crippen molar-refractivity contribution in [3.63, 3.8) is 0 Å². The zero-order valence-electron chi connectivity index (χ0n) is 53.3. The van der Waals surface area contributed by atoms with Crippen LogP contribution in [0.5, 0.6) is 0 Å². The number of rotatable bonds is 13. The first-order valence-electron chi connectivity index (χ1n) is 30.3. The quantitative estimate of drug-likeness (QED) is 0.0731. The molecule has 3 aliphatic rings. The topological polar surface area (TPSA) is 297 Å². The zero-order valence-corrected chi connectivity index (χ0v) is 53.3. The normalized spacial score (nSPS) is 21.4. The average Bonchev–Trinajstić information content (AvgIpc) is 3.66. The lowest BCUT2D eigenvalue weighted by Crippen LogP contribution is -2.59. The van der Waals surface area contributed by atoms with Crippen molar-refractivity contribution < 1.29 is 62.1 Å². The molecule has 7 rings (SSSR count). The molecular weight excluding hydrogens is 1130 g/mol. The molecule has 4 N–H and O–H groups in total. The van der Waals surface area contributed by atoms with Gasteiger partial charge in [-0.1, -0.05) is 64.1 Å². The van der Waals surface area contributed by atoms with Crippen LogP contribution in [-0.2, 0) is 62.1 Å². The number of Topliss-reactive ketones (excluding diaryl/α,β-unsaturated/α-hetero) is 1. The van der Waals surface area contributed by atoms with Gasteiger partial charge in [0.2, 0.25) is 11.8 Å². The van der Waals surface area contributed by atoms with E-state index in [4.69, 9.17) is 18.9 Å². The molecule has 0 aliphatic carbocycles. The number of nitrogens with zero attached hydrogens (tertiary/aromatic N) is 6. The highest BCUT2D eigenvalue weighted by Gasteiger charge is 2.37. The number of hydrogen-bond acceptors (Lipinski definition) is 19. The van der Waals surface area contributed by atoms with Crippen LogP contribution in [0.4, 0.5) is 0 Å². The second-order valence-electron chi connectivity index (χ2n) is 25.5. The van der Waals surface area contributed by atoms with E-state index in [9.17, 15) is 43.2 Å². The third kappa shape index (κ3) is 20.5. The number of carbonyl (C=O) groups is 9. The number of esters is 4. The van der Waals surface area contributed by atoms with Crippen LogP contribution in [0, 0.1) is 23.7 Å². The highest BCUT2D eigenvalue weighted by atomic mass is 16.6. The minimum atomic E-state index is -0.909. The molecule has 88 heavy (non-hydrogen) atoms. The lowest BCUT2D eigenvalue weighted by Gasteiger charge is -2.35. The van der Waals surface area contributed by atoms with Crippen LogP contribution in [0.1, 0.15) is 183 Å². The predicted octanol–water partition coefficient (Wildman–Crippen LogP) is 7.87. The number of hydrazine groups is 2. The van der Waals surface area contributed by atoms with Crippen LogP contribution >= 0.6 is 0 Å². The fourth-order valence-electron chi connectivity index (χ4n) is 10.0. The van der Waals surface area contributed by atoms with Gasteiger partial charge in [0.25, 0.3) is 11.8 Å². The Bertz CT molecular complexity index is 3260. The van der Waals surface area contributed by atoms with Crippen LogP contribution in [0.25, 0.3) is 34.0 Å². The molecule has 2 fully saturated rings. The molecule has 0 spiro atoms. The highest BCUT2D eigenvalue weighted by Crippen LogP contribution is 2.26. The molecule has 23 heteroatoms. The van der Waals surface area contributed by atoms with Crippen LogP contribution in [0.3, 0.4) is 0 Å². The molecule has 476 valence electrons. The molecule has 2 aromatic heterocycles. The fraction of sp³-hybridized carbons (Fsp3) is 0.554.